The Morgan fingerprint density at radius 1 is 0.608 bits per heavy atom. The van der Waals surface area contributed by atoms with Gasteiger partial charge in [-0.25, -0.2) is 0 Å². The normalized spacial score (nSPS) is 13.4. The van der Waals surface area contributed by atoms with Crippen molar-refractivity contribution in [2.75, 3.05) is 41.0 Å². The van der Waals surface area contributed by atoms with Crippen molar-refractivity contribution in [1.29, 1.82) is 0 Å². The van der Waals surface area contributed by atoms with Crippen LogP contribution in [0.25, 0.3) is 0 Å². The van der Waals surface area contributed by atoms with Crippen LogP contribution >= 0.6 is 0 Å². The maximum absolute atomic E-state index is 12.5. The molecule has 0 amide bonds. The topological polar surface area (TPSA) is 102 Å². The lowest BCUT2D eigenvalue weighted by Gasteiger charge is -2.34. The van der Waals surface area contributed by atoms with Gasteiger partial charge in [0.15, 0.2) is 6.10 Å². The van der Waals surface area contributed by atoms with Crippen LogP contribution in [0.15, 0.2) is 36.5 Å². The highest BCUT2D eigenvalue weighted by Gasteiger charge is 2.25. The summed E-state index contributed by atoms with van der Waals surface area (Å²) in [6.45, 7) is 4.43. The maximum atomic E-state index is 12.5. The molecule has 2 atom stereocenters. The van der Waals surface area contributed by atoms with Crippen LogP contribution in [0.3, 0.4) is 0 Å². The SMILES string of the molecule is CC/C=C/C/C=C/C/C=C/CC(=O)OC(COCCC(C(=O)[O-])[N+](C)(C)C)COC(=O)CCCCCCCCCCCCCCCCCCCC. The lowest BCUT2D eigenvalue weighted by atomic mass is 10.0. The van der Waals surface area contributed by atoms with Gasteiger partial charge >= 0.3 is 11.9 Å². The van der Waals surface area contributed by atoms with Gasteiger partial charge in [0.25, 0.3) is 0 Å². The fraction of sp³-hybridized carbons (Fsp3) is 0.791. The third-order valence-corrected chi connectivity index (χ3v) is 9.07. The summed E-state index contributed by atoms with van der Waals surface area (Å²) in [5.41, 5.74) is 0. The zero-order valence-electron chi connectivity index (χ0n) is 33.5. The number of allylic oxidation sites excluding steroid dienone is 5. The number of carbonyl (C=O) groups is 3. The van der Waals surface area contributed by atoms with E-state index in [1.165, 1.54) is 96.3 Å². The average Bonchev–Trinajstić information content (AvgIpc) is 3.08. The van der Waals surface area contributed by atoms with E-state index < -0.39 is 24.1 Å². The van der Waals surface area contributed by atoms with E-state index in [1.807, 2.05) is 6.08 Å². The van der Waals surface area contributed by atoms with Crippen LogP contribution in [0, 0.1) is 0 Å². The second-order valence-corrected chi connectivity index (χ2v) is 14.9. The van der Waals surface area contributed by atoms with Gasteiger partial charge in [0.05, 0.1) is 46.7 Å². The van der Waals surface area contributed by atoms with Gasteiger partial charge in [-0.15, -0.1) is 0 Å². The van der Waals surface area contributed by atoms with E-state index in [4.69, 9.17) is 14.2 Å². The molecule has 0 heterocycles. The molecule has 0 aliphatic rings. The zero-order chi connectivity index (χ0) is 37.8. The minimum Gasteiger partial charge on any atom is -0.544 e. The predicted molar refractivity (Wildman–Crippen MR) is 208 cm³/mol. The molecule has 0 N–H and O–H groups in total. The first-order valence-corrected chi connectivity index (χ1v) is 20.5. The van der Waals surface area contributed by atoms with Crippen molar-refractivity contribution in [3.63, 3.8) is 0 Å². The highest BCUT2D eigenvalue weighted by atomic mass is 16.6. The number of aliphatic carboxylic acids is 1. The fourth-order valence-corrected chi connectivity index (χ4v) is 5.90. The van der Waals surface area contributed by atoms with Crippen molar-refractivity contribution in [2.45, 2.75) is 180 Å². The number of carbonyl (C=O) groups excluding carboxylic acids is 3. The molecular formula is C43H77NO7. The molecule has 0 saturated carbocycles. The van der Waals surface area contributed by atoms with Crippen LogP contribution in [0.4, 0.5) is 0 Å². The van der Waals surface area contributed by atoms with Crippen LogP contribution in [-0.2, 0) is 28.6 Å². The van der Waals surface area contributed by atoms with E-state index in [1.54, 1.807) is 27.2 Å². The van der Waals surface area contributed by atoms with E-state index in [0.717, 1.165) is 38.5 Å². The average molecular weight is 720 g/mol. The standard InChI is InChI=1S/C43H77NO7/c1-6-8-10-12-14-16-17-18-19-20-21-22-23-24-26-27-29-31-33-41(45)50-38-39(37-49-36-35-40(43(47)48)44(3,4)5)51-42(46)34-32-30-28-25-15-13-11-9-7-2/h9,11,15,25,30,32,39-40H,6-8,10,12-14,16-24,26-29,31,33-38H2,1-5H3/b11-9+,25-15+,32-30+. The van der Waals surface area contributed by atoms with Crippen molar-refractivity contribution in [2.24, 2.45) is 0 Å². The first kappa shape index (κ1) is 48.5. The summed E-state index contributed by atoms with van der Waals surface area (Å²) >= 11 is 0. The first-order chi connectivity index (χ1) is 24.6. The Balaban J connectivity index is 4.31. The molecule has 8 heteroatoms. The number of carboxylic acids is 1. The van der Waals surface area contributed by atoms with Crippen molar-refractivity contribution in [3.8, 4) is 0 Å². The number of esters is 2. The first-order valence-electron chi connectivity index (χ1n) is 20.5. The molecule has 2 unspecified atom stereocenters. The van der Waals surface area contributed by atoms with Gasteiger partial charge in [-0.1, -0.05) is 159 Å². The molecule has 0 spiro atoms. The summed E-state index contributed by atoms with van der Waals surface area (Å²) in [6.07, 6.45) is 37.9. The van der Waals surface area contributed by atoms with Gasteiger partial charge in [-0.2, -0.15) is 0 Å². The number of rotatable bonds is 36. The number of quaternary nitrogens is 1. The molecule has 0 rings (SSSR count). The quantitative estimate of drug-likeness (QED) is 0.0275. The lowest BCUT2D eigenvalue weighted by molar-refractivity contribution is -0.889. The minimum atomic E-state index is -1.14. The summed E-state index contributed by atoms with van der Waals surface area (Å²) in [5.74, 6) is -1.88. The summed E-state index contributed by atoms with van der Waals surface area (Å²) in [7, 11) is 5.37. The van der Waals surface area contributed by atoms with Gasteiger partial charge in [-0.05, 0) is 25.7 Å². The Bertz CT molecular complexity index is 937. The summed E-state index contributed by atoms with van der Waals surface area (Å²) in [4.78, 5) is 36.6. The van der Waals surface area contributed by atoms with Crippen LogP contribution < -0.4 is 5.11 Å². The summed E-state index contributed by atoms with van der Waals surface area (Å²) < 4.78 is 17.0. The molecule has 0 aliphatic carbocycles. The Kier molecular flexibility index (Phi) is 33.0. The molecule has 0 aromatic heterocycles. The molecule has 0 aliphatic heterocycles. The number of unbranched alkanes of at least 4 members (excludes halogenated alkanes) is 17. The molecule has 8 nitrogen and oxygen atoms in total. The number of likely N-dealkylation sites (N-methyl/N-ethyl adjacent to an activating group) is 1. The van der Waals surface area contributed by atoms with Crippen molar-refractivity contribution < 1.29 is 38.2 Å². The molecule has 0 bridgehead atoms. The number of nitrogens with zero attached hydrogens (tertiary/aromatic N) is 1. The van der Waals surface area contributed by atoms with Gasteiger partial charge in [0.1, 0.15) is 12.6 Å². The maximum Gasteiger partial charge on any atom is 0.310 e. The highest BCUT2D eigenvalue weighted by Crippen LogP contribution is 2.15. The van der Waals surface area contributed by atoms with Gasteiger partial charge < -0.3 is 28.6 Å². The Morgan fingerprint density at radius 3 is 1.55 bits per heavy atom. The summed E-state index contributed by atoms with van der Waals surface area (Å²) in [6, 6.07) is -0.736. The van der Waals surface area contributed by atoms with E-state index >= 15 is 0 Å². The van der Waals surface area contributed by atoms with E-state index in [9.17, 15) is 19.5 Å². The third-order valence-electron chi connectivity index (χ3n) is 9.07. The largest absolute Gasteiger partial charge is 0.544 e. The molecule has 0 aromatic rings. The molecule has 51 heavy (non-hydrogen) atoms. The number of carboxylic acid groups (broad SMARTS) is 1. The molecule has 0 aromatic carbocycles. The van der Waals surface area contributed by atoms with Crippen molar-refractivity contribution >= 4 is 17.9 Å². The van der Waals surface area contributed by atoms with Crippen LogP contribution in [0.5, 0.6) is 0 Å². The third kappa shape index (κ3) is 33.2. The van der Waals surface area contributed by atoms with Gasteiger partial charge in [0.2, 0.25) is 0 Å². The Morgan fingerprint density at radius 2 is 1.08 bits per heavy atom. The lowest BCUT2D eigenvalue weighted by Crippen LogP contribution is -2.55. The second-order valence-electron chi connectivity index (χ2n) is 14.9. The molecular weight excluding hydrogens is 642 g/mol. The van der Waals surface area contributed by atoms with E-state index in [0.29, 0.717) is 6.42 Å². The number of hydrogen-bond donors (Lipinski definition) is 0. The van der Waals surface area contributed by atoms with Crippen LogP contribution in [0.1, 0.15) is 168 Å². The zero-order valence-corrected chi connectivity index (χ0v) is 33.5. The number of hydrogen-bond acceptors (Lipinski definition) is 7. The Hall–Kier alpha value is -2.45. The Labute approximate surface area is 313 Å². The van der Waals surface area contributed by atoms with Gasteiger partial charge in [-0.3, -0.25) is 9.59 Å². The number of ether oxygens (including phenoxy) is 3. The summed E-state index contributed by atoms with van der Waals surface area (Å²) in [5, 5.41) is 11.6. The second kappa shape index (κ2) is 34.6. The van der Waals surface area contributed by atoms with Crippen LogP contribution in [-0.4, -0.2) is 75.5 Å². The monoisotopic (exact) mass is 720 g/mol. The van der Waals surface area contributed by atoms with Crippen molar-refractivity contribution in [3.05, 3.63) is 36.5 Å². The highest BCUT2D eigenvalue weighted by molar-refractivity contribution is 5.71. The van der Waals surface area contributed by atoms with Crippen LogP contribution in [0.2, 0.25) is 0 Å². The molecule has 0 saturated heterocycles. The molecule has 0 radical (unpaired) electrons. The molecule has 0 fully saturated rings. The fourth-order valence-electron chi connectivity index (χ4n) is 5.90. The van der Waals surface area contributed by atoms with Crippen molar-refractivity contribution in [1.82, 2.24) is 0 Å². The van der Waals surface area contributed by atoms with E-state index in [-0.39, 0.29) is 43.1 Å². The molecule has 296 valence electrons. The van der Waals surface area contributed by atoms with Gasteiger partial charge in [0, 0.05) is 12.8 Å². The smallest absolute Gasteiger partial charge is 0.310 e. The predicted octanol–water partition coefficient (Wildman–Crippen LogP) is 9.35. The minimum absolute atomic E-state index is 0.00680. The van der Waals surface area contributed by atoms with E-state index in [2.05, 4.69) is 38.2 Å².